The molecular weight excluding hydrogens is 356 g/mol. The minimum absolute atomic E-state index is 0.0582. The van der Waals surface area contributed by atoms with Crippen molar-refractivity contribution in [3.63, 3.8) is 0 Å². The topological polar surface area (TPSA) is 52.2 Å². The fraction of sp³-hybridized carbons (Fsp3) is 0.190. The van der Waals surface area contributed by atoms with Crippen LogP contribution >= 0.6 is 11.8 Å². The number of benzene rings is 1. The van der Waals surface area contributed by atoms with Crippen molar-refractivity contribution in [1.29, 1.82) is 0 Å². The van der Waals surface area contributed by atoms with E-state index in [-0.39, 0.29) is 5.56 Å². The minimum atomic E-state index is -0.0582. The molecule has 0 saturated carbocycles. The molecule has 0 atom stereocenters. The van der Waals surface area contributed by atoms with Crippen LogP contribution in [0.3, 0.4) is 0 Å². The van der Waals surface area contributed by atoms with Crippen LogP contribution in [0.5, 0.6) is 0 Å². The van der Waals surface area contributed by atoms with Crippen molar-refractivity contribution >= 4 is 17.4 Å². The fourth-order valence-electron chi connectivity index (χ4n) is 3.03. The van der Waals surface area contributed by atoms with E-state index in [1.807, 2.05) is 31.5 Å². The van der Waals surface area contributed by atoms with E-state index < -0.39 is 0 Å². The zero-order valence-electron chi connectivity index (χ0n) is 15.5. The number of pyridine rings is 1. The number of thioether (sulfide) groups is 1. The van der Waals surface area contributed by atoms with Crippen LogP contribution < -0.4 is 5.56 Å². The average Bonchev–Trinajstić information content (AvgIpc) is 3.11. The first-order valence-corrected chi connectivity index (χ1v) is 9.72. The summed E-state index contributed by atoms with van der Waals surface area (Å²) in [6.07, 6.45) is 5.58. The molecule has 0 aliphatic carbocycles. The number of imidazole rings is 1. The molecule has 27 heavy (non-hydrogen) atoms. The van der Waals surface area contributed by atoms with Gasteiger partial charge >= 0.3 is 0 Å². The Balaban J connectivity index is 1.63. The van der Waals surface area contributed by atoms with Crippen LogP contribution in [-0.4, -0.2) is 18.9 Å². The third-order valence-corrected chi connectivity index (χ3v) is 5.44. The lowest BCUT2D eigenvalue weighted by Gasteiger charge is -2.11. The van der Waals surface area contributed by atoms with Crippen LogP contribution in [0.1, 0.15) is 22.4 Å². The maximum absolute atomic E-state index is 12.4. The second kappa shape index (κ2) is 7.04. The van der Waals surface area contributed by atoms with Gasteiger partial charge in [-0.05, 0) is 49.6 Å². The number of aryl methyl sites for hydroxylation is 3. The molecule has 0 unspecified atom stereocenters. The van der Waals surface area contributed by atoms with Gasteiger partial charge in [-0.15, -0.1) is 0 Å². The molecule has 136 valence electrons. The van der Waals surface area contributed by atoms with Crippen molar-refractivity contribution in [1.82, 2.24) is 18.9 Å². The maximum atomic E-state index is 12.4. The molecule has 0 N–H and O–H groups in total. The third-order valence-electron chi connectivity index (χ3n) is 4.44. The molecule has 6 heteroatoms. The highest BCUT2D eigenvalue weighted by molar-refractivity contribution is 7.98. The summed E-state index contributed by atoms with van der Waals surface area (Å²) in [6, 6.07) is 11.8. The van der Waals surface area contributed by atoms with E-state index >= 15 is 0 Å². The van der Waals surface area contributed by atoms with E-state index in [4.69, 9.17) is 0 Å². The van der Waals surface area contributed by atoms with Crippen LogP contribution in [0, 0.1) is 20.8 Å². The maximum Gasteiger partial charge on any atom is 0.258 e. The van der Waals surface area contributed by atoms with Gasteiger partial charge in [0.05, 0.1) is 11.4 Å². The lowest BCUT2D eigenvalue weighted by molar-refractivity contribution is 0.885. The molecule has 0 aliphatic heterocycles. The first-order chi connectivity index (χ1) is 13.0. The SMILES string of the molecule is Cc1ccc(C)c(-n2ccnc2SCc2cc(=O)n3cc(C)ccc3n2)c1. The monoisotopic (exact) mass is 376 g/mol. The molecule has 3 aromatic heterocycles. The number of hydrogen-bond acceptors (Lipinski definition) is 4. The largest absolute Gasteiger partial charge is 0.295 e. The lowest BCUT2D eigenvalue weighted by Crippen LogP contribution is -2.15. The molecule has 1 aromatic carbocycles. The van der Waals surface area contributed by atoms with Crippen molar-refractivity contribution in [2.45, 2.75) is 31.7 Å². The van der Waals surface area contributed by atoms with Gasteiger partial charge in [0, 0.05) is 30.4 Å². The molecule has 0 saturated heterocycles. The van der Waals surface area contributed by atoms with Crippen molar-refractivity contribution in [2.24, 2.45) is 0 Å². The number of aromatic nitrogens is 4. The molecule has 3 heterocycles. The summed E-state index contributed by atoms with van der Waals surface area (Å²) in [5, 5.41) is 0.884. The zero-order valence-corrected chi connectivity index (χ0v) is 16.3. The van der Waals surface area contributed by atoms with Gasteiger partial charge < -0.3 is 0 Å². The van der Waals surface area contributed by atoms with Gasteiger partial charge in [-0.25, -0.2) is 9.97 Å². The Morgan fingerprint density at radius 3 is 2.70 bits per heavy atom. The third kappa shape index (κ3) is 3.53. The van der Waals surface area contributed by atoms with E-state index in [2.05, 4.69) is 46.6 Å². The van der Waals surface area contributed by atoms with Gasteiger partial charge in [-0.3, -0.25) is 13.8 Å². The van der Waals surface area contributed by atoms with E-state index in [1.54, 1.807) is 28.4 Å². The highest BCUT2D eigenvalue weighted by Crippen LogP contribution is 2.25. The number of fused-ring (bicyclic) bond motifs is 1. The molecule has 0 bridgehead atoms. The number of nitrogens with zero attached hydrogens (tertiary/aromatic N) is 4. The van der Waals surface area contributed by atoms with Gasteiger partial charge in [0.1, 0.15) is 5.65 Å². The number of hydrogen-bond donors (Lipinski definition) is 0. The summed E-state index contributed by atoms with van der Waals surface area (Å²) in [6.45, 7) is 6.14. The first-order valence-electron chi connectivity index (χ1n) is 8.74. The molecule has 0 spiro atoms. The first kappa shape index (κ1) is 17.5. The van der Waals surface area contributed by atoms with Crippen LogP contribution in [0.25, 0.3) is 11.3 Å². The summed E-state index contributed by atoms with van der Waals surface area (Å²) >= 11 is 1.58. The Morgan fingerprint density at radius 2 is 1.85 bits per heavy atom. The van der Waals surface area contributed by atoms with Gasteiger partial charge in [-0.1, -0.05) is 30.0 Å². The van der Waals surface area contributed by atoms with Gasteiger partial charge in [0.2, 0.25) is 0 Å². The van der Waals surface area contributed by atoms with E-state index in [1.165, 1.54) is 11.1 Å². The Labute approximate surface area is 161 Å². The average molecular weight is 376 g/mol. The molecule has 5 nitrogen and oxygen atoms in total. The second-order valence-electron chi connectivity index (χ2n) is 6.68. The van der Waals surface area contributed by atoms with Crippen LogP contribution in [0.15, 0.2) is 64.9 Å². The Bertz CT molecular complexity index is 1190. The summed E-state index contributed by atoms with van der Waals surface area (Å²) in [5.41, 5.74) is 5.92. The molecule has 0 aliphatic rings. The van der Waals surface area contributed by atoms with Crippen molar-refractivity contribution in [3.05, 3.63) is 87.7 Å². The van der Waals surface area contributed by atoms with Crippen LogP contribution in [-0.2, 0) is 5.75 Å². The van der Waals surface area contributed by atoms with Crippen LogP contribution in [0.2, 0.25) is 0 Å². The molecule has 0 amide bonds. The summed E-state index contributed by atoms with van der Waals surface area (Å²) in [7, 11) is 0. The van der Waals surface area contributed by atoms with Crippen molar-refractivity contribution < 1.29 is 0 Å². The summed E-state index contributed by atoms with van der Waals surface area (Å²) in [5.74, 6) is 0.585. The van der Waals surface area contributed by atoms with Gasteiger partial charge in [0.15, 0.2) is 5.16 Å². The summed E-state index contributed by atoms with van der Waals surface area (Å²) in [4.78, 5) is 21.5. The van der Waals surface area contributed by atoms with Crippen LogP contribution in [0.4, 0.5) is 0 Å². The van der Waals surface area contributed by atoms with Gasteiger partial charge in [0.25, 0.3) is 5.56 Å². The minimum Gasteiger partial charge on any atom is -0.295 e. The summed E-state index contributed by atoms with van der Waals surface area (Å²) < 4.78 is 3.67. The smallest absolute Gasteiger partial charge is 0.258 e. The predicted molar refractivity (Wildman–Crippen MR) is 109 cm³/mol. The molecule has 4 aromatic rings. The van der Waals surface area contributed by atoms with E-state index in [9.17, 15) is 4.79 Å². The highest BCUT2D eigenvalue weighted by atomic mass is 32.2. The lowest BCUT2D eigenvalue weighted by atomic mass is 10.1. The molecule has 0 radical (unpaired) electrons. The normalized spacial score (nSPS) is 11.2. The predicted octanol–water partition coefficient (Wildman–Crippen LogP) is 4.10. The number of rotatable bonds is 4. The fourth-order valence-corrected chi connectivity index (χ4v) is 3.89. The van der Waals surface area contributed by atoms with E-state index in [0.717, 1.165) is 22.1 Å². The molecular formula is C21H20N4OS. The zero-order chi connectivity index (χ0) is 19.0. The molecule has 0 fully saturated rings. The van der Waals surface area contributed by atoms with Crippen molar-refractivity contribution in [3.8, 4) is 5.69 Å². The standard InChI is InChI=1S/C21H20N4OS/c1-14-4-6-16(3)18(10-14)24-9-8-22-21(24)27-13-17-11-20(26)25-12-15(2)5-7-19(25)23-17/h4-12H,13H2,1-3H3. The highest BCUT2D eigenvalue weighted by Gasteiger charge is 2.10. The molecule has 4 rings (SSSR count). The Morgan fingerprint density at radius 1 is 1.04 bits per heavy atom. The van der Waals surface area contributed by atoms with Gasteiger partial charge in [-0.2, -0.15) is 0 Å². The van der Waals surface area contributed by atoms with E-state index in [0.29, 0.717) is 11.4 Å². The second-order valence-corrected chi connectivity index (χ2v) is 7.62. The van der Waals surface area contributed by atoms with Crippen molar-refractivity contribution in [2.75, 3.05) is 0 Å². The quantitative estimate of drug-likeness (QED) is 0.503. The Kier molecular flexibility index (Phi) is 4.58. The Hall–Kier alpha value is -2.86.